The number of hydrogen-bond acceptors (Lipinski definition) is 4. The van der Waals surface area contributed by atoms with Crippen LogP contribution in [0.3, 0.4) is 0 Å². The van der Waals surface area contributed by atoms with Crippen molar-refractivity contribution in [1.82, 2.24) is 19.6 Å². The first-order valence-electron chi connectivity index (χ1n) is 8.47. The highest BCUT2D eigenvalue weighted by atomic mass is 15.2. The van der Waals surface area contributed by atoms with Crippen molar-refractivity contribution in [2.45, 2.75) is 26.7 Å². The average Bonchev–Trinajstić information content (AvgIpc) is 2.48. The molecule has 0 radical (unpaired) electrons. The Morgan fingerprint density at radius 1 is 0.650 bits per heavy atom. The van der Waals surface area contributed by atoms with E-state index in [2.05, 4.69) is 47.5 Å². The highest BCUT2D eigenvalue weighted by molar-refractivity contribution is 4.68. The number of nitrogens with zero attached hydrogens (tertiary/aromatic N) is 4. The second-order valence-corrected chi connectivity index (χ2v) is 6.24. The van der Waals surface area contributed by atoms with Crippen LogP contribution in [0.2, 0.25) is 0 Å². The molecule has 0 saturated carbocycles. The van der Waals surface area contributed by atoms with Crippen LogP contribution in [0.4, 0.5) is 0 Å². The van der Waals surface area contributed by atoms with Crippen LogP contribution in [0.1, 0.15) is 26.7 Å². The molecule has 2 rings (SSSR count). The monoisotopic (exact) mass is 284 g/mol. The van der Waals surface area contributed by atoms with Crippen LogP contribution in [0, 0.1) is 0 Å². The first-order valence-corrected chi connectivity index (χ1v) is 8.47. The van der Waals surface area contributed by atoms with Crippen molar-refractivity contribution in [1.29, 1.82) is 0 Å². The number of hydrogen-bond donors (Lipinski definition) is 0. The van der Waals surface area contributed by atoms with Gasteiger partial charge in [0.15, 0.2) is 0 Å². The van der Waals surface area contributed by atoms with E-state index in [1.165, 1.54) is 78.3 Å². The molecule has 2 heterocycles. The lowest BCUT2D eigenvalue weighted by atomic mass is 10.3. The first-order chi connectivity index (χ1) is 9.65. The number of piperazine rings is 2. The zero-order valence-corrected chi connectivity index (χ0v) is 14.3. The number of likely N-dealkylation sites (N-methyl/N-ethyl adjacent to an activating group) is 3. The lowest BCUT2D eigenvalue weighted by molar-refractivity contribution is 0.152. The number of unbranched alkanes of at least 4 members (excludes halogenated alkanes) is 1. The van der Waals surface area contributed by atoms with Gasteiger partial charge >= 0.3 is 0 Å². The summed E-state index contributed by atoms with van der Waals surface area (Å²) in [5.41, 5.74) is 0. The fourth-order valence-corrected chi connectivity index (χ4v) is 2.62. The van der Waals surface area contributed by atoms with Gasteiger partial charge in [0.05, 0.1) is 0 Å². The lowest BCUT2D eigenvalue weighted by Crippen LogP contribution is -2.44. The van der Waals surface area contributed by atoms with Crippen molar-refractivity contribution >= 4 is 0 Å². The van der Waals surface area contributed by atoms with E-state index in [0.717, 1.165) is 0 Å². The molecule has 2 aliphatic heterocycles. The van der Waals surface area contributed by atoms with Gasteiger partial charge in [0.2, 0.25) is 0 Å². The molecule has 0 spiro atoms. The van der Waals surface area contributed by atoms with E-state index < -0.39 is 0 Å². The average molecular weight is 284 g/mol. The standard InChI is InChI=1S/C9H20N2.C7H16N2/c1-3-4-5-11-8-6-10(2)7-9-11;1-3-9-6-4-8(2)5-7-9/h3-9H2,1-2H3;3-7H2,1-2H3. The Morgan fingerprint density at radius 3 is 1.50 bits per heavy atom. The Balaban J connectivity index is 0.000000204. The predicted molar refractivity (Wildman–Crippen MR) is 88.5 cm³/mol. The van der Waals surface area contributed by atoms with E-state index in [1.54, 1.807) is 0 Å². The molecule has 0 bridgehead atoms. The summed E-state index contributed by atoms with van der Waals surface area (Å²) in [7, 11) is 4.39. The first kappa shape index (κ1) is 17.9. The smallest absolute Gasteiger partial charge is 0.0110 e. The molecule has 0 N–H and O–H groups in total. The lowest BCUT2D eigenvalue weighted by Gasteiger charge is -2.32. The summed E-state index contributed by atoms with van der Waals surface area (Å²) in [5.74, 6) is 0. The van der Waals surface area contributed by atoms with Gasteiger partial charge in [-0.25, -0.2) is 0 Å². The molecule has 0 aromatic rings. The normalized spacial score (nSPS) is 23.4. The van der Waals surface area contributed by atoms with Gasteiger partial charge < -0.3 is 19.6 Å². The van der Waals surface area contributed by atoms with Crippen molar-refractivity contribution < 1.29 is 0 Å². The van der Waals surface area contributed by atoms with Gasteiger partial charge in [0, 0.05) is 52.4 Å². The van der Waals surface area contributed by atoms with Crippen LogP contribution in [-0.2, 0) is 0 Å². The molecule has 0 aromatic heterocycles. The molecule has 4 nitrogen and oxygen atoms in total. The van der Waals surface area contributed by atoms with E-state index in [4.69, 9.17) is 0 Å². The highest BCUT2D eigenvalue weighted by Crippen LogP contribution is 2.00. The second kappa shape index (κ2) is 10.6. The molecule has 0 amide bonds. The van der Waals surface area contributed by atoms with E-state index in [0.29, 0.717) is 0 Å². The Kier molecular flexibility index (Phi) is 9.44. The second-order valence-electron chi connectivity index (χ2n) is 6.24. The largest absolute Gasteiger partial charge is 0.304 e. The quantitative estimate of drug-likeness (QED) is 0.771. The van der Waals surface area contributed by atoms with Crippen LogP contribution < -0.4 is 0 Å². The van der Waals surface area contributed by atoms with Crippen LogP contribution in [0.15, 0.2) is 0 Å². The summed E-state index contributed by atoms with van der Waals surface area (Å²) in [6.45, 7) is 17.1. The topological polar surface area (TPSA) is 13.0 Å². The summed E-state index contributed by atoms with van der Waals surface area (Å²) in [5, 5.41) is 0. The molecule has 4 heteroatoms. The minimum atomic E-state index is 1.22. The summed E-state index contributed by atoms with van der Waals surface area (Å²) < 4.78 is 0. The molecular formula is C16H36N4. The zero-order chi connectivity index (χ0) is 14.8. The summed E-state index contributed by atoms with van der Waals surface area (Å²) in [6.07, 6.45) is 2.69. The third-order valence-electron chi connectivity index (χ3n) is 4.47. The van der Waals surface area contributed by atoms with Crippen molar-refractivity contribution in [3.05, 3.63) is 0 Å². The highest BCUT2D eigenvalue weighted by Gasteiger charge is 2.12. The van der Waals surface area contributed by atoms with Gasteiger partial charge in [-0.2, -0.15) is 0 Å². The fourth-order valence-electron chi connectivity index (χ4n) is 2.62. The van der Waals surface area contributed by atoms with Gasteiger partial charge in [-0.1, -0.05) is 20.3 Å². The van der Waals surface area contributed by atoms with E-state index in [1.807, 2.05) is 0 Å². The summed E-state index contributed by atoms with van der Waals surface area (Å²) in [4.78, 5) is 9.85. The Hall–Kier alpha value is -0.160. The molecule has 2 saturated heterocycles. The van der Waals surface area contributed by atoms with Crippen LogP contribution in [0.5, 0.6) is 0 Å². The third kappa shape index (κ3) is 7.58. The minimum Gasteiger partial charge on any atom is -0.304 e. The molecule has 0 aliphatic carbocycles. The van der Waals surface area contributed by atoms with Gasteiger partial charge in [-0.15, -0.1) is 0 Å². The van der Waals surface area contributed by atoms with Gasteiger partial charge in [0.1, 0.15) is 0 Å². The molecule has 0 unspecified atom stereocenters. The maximum absolute atomic E-state index is 2.57. The van der Waals surface area contributed by atoms with Crippen LogP contribution >= 0.6 is 0 Å². The number of rotatable bonds is 4. The minimum absolute atomic E-state index is 1.22. The van der Waals surface area contributed by atoms with Gasteiger partial charge in [-0.3, -0.25) is 0 Å². The van der Waals surface area contributed by atoms with Crippen molar-refractivity contribution in [3.8, 4) is 0 Å². The molecule has 0 atom stereocenters. The van der Waals surface area contributed by atoms with E-state index in [-0.39, 0.29) is 0 Å². The van der Waals surface area contributed by atoms with Gasteiger partial charge in [-0.05, 0) is 33.6 Å². The zero-order valence-electron chi connectivity index (χ0n) is 14.3. The Bertz CT molecular complexity index is 216. The molecular weight excluding hydrogens is 248 g/mol. The summed E-state index contributed by atoms with van der Waals surface area (Å²) >= 11 is 0. The van der Waals surface area contributed by atoms with Crippen LogP contribution in [-0.4, -0.2) is 99.1 Å². The molecule has 0 aromatic carbocycles. The van der Waals surface area contributed by atoms with Gasteiger partial charge in [0.25, 0.3) is 0 Å². The fraction of sp³-hybridized carbons (Fsp3) is 1.00. The maximum atomic E-state index is 2.57. The molecule has 2 fully saturated rings. The molecule has 2 aliphatic rings. The van der Waals surface area contributed by atoms with Crippen molar-refractivity contribution in [2.75, 3.05) is 79.5 Å². The van der Waals surface area contributed by atoms with Crippen molar-refractivity contribution in [2.24, 2.45) is 0 Å². The Labute approximate surface area is 126 Å². The molecule has 120 valence electrons. The maximum Gasteiger partial charge on any atom is 0.0110 e. The van der Waals surface area contributed by atoms with Crippen molar-refractivity contribution in [3.63, 3.8) is 0 Å². The predicted octanol–water partition coefficient (Wildman–Crippen LogP) is 1.29. The Morgan fingerprint density at radius 2 is 1.10 bits per heavy atom. The van der Waals surface area contributed by atoms with E-state index in [9.17, 15) is 0 Å². The third-order valence-corrected chi connectivity index (χ3v) is 4.47. The van der Waals surface area contributed by atoms with E-state index >= 15 is 0 Å². The van der Waals surface area contributed by atoms with Crippen LogP contribution in [0.25, 0.3) is 0 Å². The summed E-state index contributed by atoms with van der Waals surface area (Å²) in [6, 6.07) is 0. The molecule has 20 heavy (non-hydrogen) atoms. The SMILES string of the molecule is CCCCN1CCN(C)CC1.CCN1CCN(C)CC1.